The molecule has 3 atom stereocenters. The molecule has 2 rings (SSSR count). The minimum absolute atomic E-state index is 0.183. The van der Waals surface area contributed by atoms with E-state index in [1.54, 1.807) is 0 Å². The van der Waals surface area contributed by atoms with Crippen molar-refractivity contribution in [1.29, 1.82) is 0 Å². The average molecular weight is 376 g/mol. The molecule has 1 fully saturated rings. The number of hydrogen-bond acceptors (Lipinski definition) is 3. The number of hydrogen-bond donors (Lipinski definition) is 1. The molecule has 0 aliphatic heterocycles. The molecule has 1 aromatic carbocycles. The van der Waals surface area contributed by atoms with Gasteiger partial charge in [-0.2, -0.15) is 0 Å². The Morgan fingerprint density at radius 1 is 1.00 bits per heavy atom. The van der Waals surface area contributed by atoms with Crippen LogP contribution in [0.1, 0.15) is 32.6 Å². The SMILES string of the molecule is CC1(SPSc2c(F)c(F)c(F)c(F)c2F)CCCCC1O. The fraction of sp³-hybridized carbons (Fsp3) is 0.538. The first-order valence-corrected chi connectivity index (χ1v) is 10.7. The zero-order valence-corrected chi connectivity index (χ0v) is 14.2. The number of aliphatic hydroxyl groups is 1. The van der Waals surface area contributed by atoms with Crippen molar-refractivity contribution in [3.63, 3.8) is 0 Å². The van der Waals surface area contributed by atoms with Crippen LogP contribution in [0.25, 0.3) is 0 Å². The first kappa shape index (κ1) is 18.3. The maximum absolute atomic E-state index is 13.5. The Hall–Kier alpha value is -0.0400. The van der Waals surface area contributed by atoms with Gasteiger partial charge in [0, 0.05) is 11.7 Å². The van der Waals surface area contributed by atoms with Crippen LogP contribution in [0.4, 0.5) is 22.0 Å². The molecule has 1 aromatic rings. The molecule has 0 saturated heterocycles. The summed E-state index contributed by atoms with van der Waals surface area (Å²) in [6, 6.07) is 0. The molecule has 1 nitrogen and oxygen atoms in total. The summed E-state index contributed by atoms with van der Waals surface area (Å²) in [4.78, 5) is -0.865. The zero-order valence-electron chi connectivity index (χ0n) is 11.6. The minimum Gasteiger partial charge on any atom is -0.392 e. The van der Waals surface area contributed by atoms with Gasteiger partial charge in [0.2, 0.25) is 5.82 Å². The van der Waals surface area contributed by atoms with E-state index in [4.69, 9.17) is 0 Å². The maximum atomic E-state index is 13.5. The van der Waals surface area contributed by atoms with Crippen molar-refractivity contribution in [3.05, 3.63) is 29.1 Å². The lowest BCUT2D eigenvalue weighted by molar-refractivity contribution is 0.0988. The molecule has 0 aromatic heterocycles. The van der Waals surface area contributed by atoms with E-state index in [0.717, 1.165) is 19.3 Å². The van der Waals surface area contributed by atoms with Crippen LogP contribution < -0.4 is 0 Å². The van der Waals surface area contributed by atoms with Gasteiger partial charge in [0.25, 0.3) is 0 Å². The molecule has 1 saturated carbocycles. The highest BCUT2D eigenvalue weighted by Crippen LogP contribution is 2.57. The largest absolute Gasteiger partial charge is 0.392 e. The van der Waals surface area contributed by atoms with Gasteiger partial charge in [0.1, 0.15) is 0 Å². The smallest absolute Gasteiger partial charge is 0.200 e. The summed E-state index contributed by atoms with van der Waals surface area (Å²) in [5.41, 5.74) is 0. The summed E-state index contributed by atoms with van der Waals surface area (Å²) in [5.74, 6) is -9.61. The Balaban J connectivity index is 2.09. The Kier molecular flexibility index (Phi) is 6.02. The van der Waals surface area contributed by atoms with Crippen molar-refractivity contribution >= 4 is 29.7 Å². The van der Waals surface area contributed by atoms with Crippen LogP contribution in [0.3, 0.4) is 0 Å². The second kappa shape index (κ2) is 7.24. The summed E-state index contributed by atoms with van der Waals surface area (Å²) < 4.78 is 65.8. The van der Waals surface area contributed by atoms with E-state index < -0.39 is 44.8 Å². The molecule has 0 heterocycles. The predicted molar refractivity (Wildman–Crippen MR) is 80.9 cm³/mol. The highest BCUT2D eigenvalue weighted by atomic mass is 33.1. The summed E-state index contributed by atoms with van der Waals surface area (Å²) >= 11 is 1.89. The van der Waals surface area contributed by atoms with Gasteiger partial charge in [-0.1, -0.05) is 24.2 Å². The molecular weight excluding hydrogens is 362 g/mol. The van der Waals surface area contributed by atoms with Gasteiger partial charge < -0.3 is 5.11 Å². The number of aliphatic hydroxyl groups excluding tert-OH is 1. The third kappa shape index (κ3) is 3.55. The topological polar surface area (TPSA) is 20.2 Å². The van der Waals surface area contributed by atoms with E-state index in [9.17, 15) is 27.1 Å². The third-order valence-electron chi connectivity index (χ3n) is 3.69. The number of rotatable bonds is 4. The van der Waals surface area contributed by atoms with Crippen LogP contribution in [-0.4, -0.2) is 16.0 Å². The summed E-state index contributed by atoms with van der Waals surface area (Å²) in [5, 5.41) is 10.0. The van der Waals surface area contributed by atoms with Crippen LogP contribution in [-0.2, 0) is 0 Å². The Bertz CT molecular complexity index is 545. The monoisotopic (exact) mass is 376 g/mol. The van der Waals surface area contributed by atoms with Gasteiger partial charge in [-0.15, -0.1) is 11.4 Å². The molecule has 1 N–H and O–H groups in total. The van der Waals surface area contributed by atoms with Crippen molar-refractivity contribution in [3.8, 4) is 0 Å². The molecule has 124 valence electrons. The molecule has 0 bridgehead atoms. The van der Waals surface area contributed by atoms with Gasteiger partial charge in [-0.25, -0.2) is 22.0 Å². The standard InChI is InChI=1S/C13H14F5OPS2/c1-13(5-3-2-4-6(13)19)22-20-21-12-10(17)8(15)7(14)9(16)11(12)18/h6,19-20H,2-5H2,1H3. The first-order chi connectivity index (χ1) is 10.3. The first-order valence-electron chi connectivity index (χ1n) is 6.57. The van der Waals surface area contributed by atoms with E-state index in [-0.39, 0.29) is 6.98 Å². The summed E-state index contributed by atoms with van der Waals surface area (Å²) in [7, 11) is 0. The van der Waals surface area contributed by atoms with E-state index in [1.165, 1.54) is 11.4 Å². The van der Waals surface area contributed by atoms with Gasteiger partial charge in [-0.05, 0) is 19.8 Å². The maximum Gasteiger partial charge on any atom is 0.200 e. The van der Waals surface area contributed by atoms with Gasteiger partial charge >= 0.3 is 0 Å². The van der Waals surface area contributed by atoms with Crippen molar-refractivity contribution in [2.24, 2.45) is 0 Å². The van der Waals surface area contributed by atoms with Crippen LogP contribution in [0.15, 0.2) is 4.90 Å². The summed E-state index contributed by atoms with van der Waals surface area (Å²) in [6.07, 6.45) is 2.74. The highest BCUT2D eigenvalue weighted by Gasteiger charge is 2.36. The normalized spacial score (nSPS) is 26.0. The molecule has 9 heteroatoms. The number of benzene rings is 1. The van der Waals surface area contributed by atoms with Gasteiger partial charge in [0.15, 0.2) is 23.3 Å². The number of halogens is 5. The van der Waals surface area contributed by atoms with Gasteiger partial charge in [0.05, 0.1) is 11.0 Å². The van der Waals surface area contributed by atoms with E-state index in [2.05, 4.69) is 0 Å². The Morgan fingerprint density at radius 2 is 1.55 bits per heavy atom. The summed E-state index contributed by atoms with van der Waals surface area (Å²) in [6.45, 7) is 1.67. The fourth-order valence-corrected chi connectivity index (χ4v) is 8.45. The molecular formula is C13H14F5OPS2. The third-order valence-corrected chi connectivity index (χ3v) is 9.38. The van der Waals surface area contributed by atoms with Crippen molar-refractivity contribution < 1.29 is 27.1 Å². The van der Waals surface area contributed by atoms with Gasteiger partial charge in [-0.3, -0.25) is 0 Å². The Labute approximate surface area is 134 Å². The van der Waals surface area contributed by atoms with Crippen molar-refractivity contribution in [2.75, 3.05) is 0 Å². The molecule has 22 heavy (non-hydrogen) atoms. The second-order valence-corrected chi connectivity index (χ2v) is 10.4. The lowest BCUT2D eigenvalue weighted by Gasteiger charge is -2.37. The van der Waals surface area contributed by atoms with Crippen LogP contribution in [0, 0.1) is 29.1 Å². The van der Waals surface area contributed by atoms with Crippen LogP contribution >= 0.6 is 29.7 Å². The van der Waals surface area contributed by atoms with Crippen LogP contribution in [0.2, 0.25) is 0 Å². The molecule has 1 aliphatic carbocycles. The van der Waals surface area contributed by atoms with Crippen LogP contribution in [0.5, 0.6) is 0 Å². The van der Waals surface area contributed by atoms with E-state index in [0.29, 0.717) is 17.8 Å². The molecule has 1 aliphatic rings. The Morgan fingerprint density at radius 3 is 2.09 bits per heavy atom. The second-order valence-electron chi connectivity index (χ2n) is 5.26. The minimum atomic E-state index is -2.15. The molecule has 0 radical (unpaired) electrons. The molecule has 3 unspecified atom stereocenters. The molecule has 0 spiro atoms. The van der Waals surface area contributed by atoms with E-state index >= 15 is 0 Å². The fourth-order valence-electron chi connectivity index (χ4n) is 2.24. The lowest BCUT2D eigenvalue weighted by Crippen LogP contribution is -2.38. The molecule has 0 amide bonds. The van der Waals surface area contributed by atoms with Crippen molar-refractivity contribution in [2.45, 2.75) is 48.4 Å². The quantitative estimate of drug-likeness (QED) is 0.328. The average Bonchev–Trinajstić information content (AvgIpc) is 2.50. The lowest BCUT2D eigenvalue weighted by atomic mass is 9.87. The van der Waals surface area contributed by atoms with E-state index in [1.807, 2.05) is 6.92 Å². The predicted octanol–water partition coefficient (Wildman–Crippen LogP) is 5.41. The zero-order chi connectivity index (χ0) is 16.5. The highest BCUT2D eigenvalue weighted by molar-refractivity contribution is 8.82. The van der Waals surface area contributed by atoms with Crippen molar-refractivity contribution in [1.82, 2.24) is 0 Å².